The molecule has 0 spiro atoms. The van der Waals surface area contributed by atoms with E-state index < -0.39 is 0 Å². The Kier molecular flexibility index (Phi) is 2.93. The molecule has 0 bridgehead atoms. The van der Waals surface area contributed by atoms with E-state index in [2.05, 4.69) is 20.4 Å². The minimum absolute atomic E-state index is 0.669. The van der Waals surface area contributed by atoms with Crippen LogP contribution in [0.4, 0.5) is 5.82 Å². The average Bonchev–Trinajstić information content (AvgIpc) is 2.30. The molecule has 4 heteroatoms. The Bertz CT molecular complexity index is 267. The normalized spacial score (nSPS) is 18.5. The molecule has 0 amide bonds. The molecular weight excluding hydrogens is 176 g/mol. The van der Waals surface area contributed by atoms with E-state index >= 15 is 0 Å². The van der Waals surface area contributed by atoms with Gasteiger partial charge in [0, 0.05) is 25.3 Å². The summed E-state index contributed by atoms with van der Waals surface area (Å²) in [5.74, 6) is 1.00. The first kappa shape index (κ1) is 9.40. The van der Waals surface area contributed by atoms with Gasteiger partial charge in [-0.05, 0) is 32.0 Å². The van der Waals surface area contributed by atoms with Crippen LogP contribution in [0.3, 0.4) is 0 Å². The molecule has 0 aliphatic carbocycles. The standard InChI is InChI=1S/C10H16N4/c1-11-9-4-7-14(8-5-9)10-3-2-6-12-13-10/h2-3,6,9,11H,4-5,7-8H2,1H3. The summed E-state index contributed by atoms with van der Waals surface area (Å²) in [6.07, 6.45) is 4.09. The minimum Gasteiger partial charge on any atom is -0.355 e. The molecule has 1 aliphatic rings. The van der Waals surface area contributed by atoms with Crippen LogP contribution in [0.1, 0.15) is 12.8 Å². The third kappa shape index (κ3) is 2.01. The van der Waals surface area contributed by atoms with Crippen LogP contribution in [0.5, 0.6) is 0 Å². The molecule has 0 atom stereocenters. The van der Waals surface area contributed by atoms with Gasteiger partial charge in [0.25, 0.3) is 0 Å². The number of anilines is 1. The van der Waals surface area contributed by atoms with Crippen LogP contribution in [-0.4, -0.2) is 36.4 Å². The average molecular weight is 192 g/mol. The molecule has 1 aromatic rings. The molecule has 76 valence electrons. The topological polar surface area (TPSA) is 41.0 Å². The molecule has 0 saturated carbocycles. The Hall–Kier alpha value is -1.16. The number of hydrogen-bond donors (Lipinski definition) is 1. The predicted molar refractivity (Wildman–Crippen MR) is 56.3 cm³/mol. The number of nitrogens with one attached hydrogen (secondary N) is 1. The molecule has 1 N–H and O–H groups in total. The fraction of sp³-hybridized carbons (Fsp3) is 0.600. The lowest BCUT2D eigenvalue weighted by Crippen LogP contribution is -2.41. The second-order valence-corrected chi connectivity index (χ2v) is 3.63. The summed E-state index contributed by atoms with van der Waals surface area (Å²) in [4.78, 5) is 2.29. The second kappa shape index (κ2) is 4.37. The molecular formula is C10H16N4. The molecule has 4 nitrogen and oxygen atoms in total. The third-order valence-electron chi connectivity index (χ3n) is 2.79. The Labute approximate surface area is 84.3 Å². The number of aromatic nitrogens is 2. The monoisotopic (exact) mass is 192 g/mol. The smallest absolute Gasteiger partial charge is 0.151 e. The molecule has 2 heterocycles. The van der Waals surface area contributed by atoms with Gasteiger partial charge in [-0.1, -0.05) is 0 Å². The molecule has 1 saturated heterocycles. The maximum absolute atomic E-state index is 4.11. The van der Waals surface area contributed by atoms with Crippen molar-refractivity contribution in [2.75, 3.05) is 25.0 Å². The maximum Gasteiger partial charge on any atom is 0.151 e. The van der Waals surface area contributed by atoms with Crippen molar-refractivity contribution in [2.45, 2.75) is 18.9 Å². The van der Waals surface area contributed by atoms with Crippen molar-refractivity contribution in [1.29, 1.82) is 0 Å². The van der Waals surface area contributed by atoms with Gasteiger partial charge in [-0.25, -0.2) is 0 Å². The minimum atomic E-state index is 0.669. The van der Waals surface area contributed by atoms with Crippen molar-refractivity contribution in [3.05, 3.63) is 18.3 Å². The van der Waals surface area contributed by atoms with Crippen molar-refractivity contribution < 1.29 is 0 Å². The summed E-state index contributed by atoms with van der Waals surface area (Å²) in [6.45, 7) is 2.15. The molecule has 0 unspecified atom stereocenters. The maximum atomic E-state index is 4.11. The highest BCUT2D eigenvalue weighted by Crippen LogP contribution is 2.16. The highest BCUT2D eigenvalue weighted by molar-refractivity contribution is 5.36. The van der Waals surface area contributed by atoms with E-state index in [4.69, 9.17) is 0 Å². The summed E-state index contributed by atoms with van der Waals surface area (Å²) in [6, 6.07) is 4.63. The number of nitrogens with zero attached hydrogens (tertiary/aromatic N) is 3. The van der Waals surface area contributed by atoms with E-state index in [9.17, 15) is 0 Å². The zero-order chi connectivity index (χ0) is 9.80. The van der Waals surface area contributed by atoms with E-state index in [1.54, 1.807) is 6.20 Å². The summed E-state index contributed by atoms with van der Waals surface area (Å²) >= 11 is 0. The van der Waals surface area contributed by atoms with Crippen LogP contribution in [0.2, 0.25) is 0 Å². The quantitative estimate of drug-likeness (QED) is 0.747. The van der Waals surface area contributed by atoms with Crippen molar-refractivity contribution in [2.24, 2.45) is 0 Å². The molecule has 14 heavy (non-hydrogen) atoms. The molecule has 1 aromatic heterocycles. The van der Waals surface area contributed by atoms with Gasteiger partial charge in [0.1, 0.15) is 0 Å². The van der Waals surface area contributed by atoms with Crippen LogP contribution in [-0.2, 0) is 0 Å². The van der Waals surface area contributed by atoms with Gasteiger partial charge in [0.2, 0.25) is 0 Å². The van der Waals surface area contributed by atoms with E-state index in [-0.39, 0.29) is 0 Å². The first-order valence-corrected chi connectivity index (χ1v) is 5.10. The van der Waals surface area contributed by atoms with Crippen LogP contribution >= 0.6 is 0 Å². The van der Waals surface area contributed by atoms with Crippen LogP contribution in [0, 0.1) is 0 Å². The molecule has 0 radical (unpaired) electrons. The van der Waals surface area contributed by atoms with Crippen LogP contribution < -0.4 is 10.2 Å². The SMILES string of the molecule is CNC1CCN(c2cccnn2)CC1. The lowest BCUT2D eigenvalue weighted by molar-refractivity contribution is 0.440. The van der Waals surface area contributed by atoms with Gasteiger partial charge >= 0.3 is 0 Å². The van der Waals surface area contributed by atoms with Gasteiger partial charge in [-0.2, -0.15) is 5.10 Å². The first-order valence-electron chi connectivity index (χ1n) is 5.10. The van der Waals surface area contributed by atoms with Crippen molar-refractivity contribution in [1.82, 2.24) is 15.5 Å². The number of piperidine rings is 1. The van der Waals surface area contributed by atoms with E-state index in [0.29, 0.717) is 6.04 Å². The zero-order valence-corrected chi connectivity index (χ0v) is 8.48. The number of hydrogen-bond acceptors (Lipinski definition) is 4. The largest absolute Gasteiger partial charge is 0.355 e. The van der Waals surface area contributed by atoms with Gasteiger partial charge in [0.15, 0.2) is 5.82 Å². The summed E-state index contributed by atoms with van der Waals surface area (Å²) < 4.78 is 0. The Balaban J connectivity index is 1.96. The van der Waals surface area contributed by atoms with Gasteiger partial charge in [0.05, 0.1) is 0 Å². The predicted octanol–water partition coefficient (Wildman–Crippen LogP) is 0.665. The van der Waals surface area contributed by atoms with Crippen molar-refractivity contribution in [3.63, 3.8) is 0 Å². The Morgan fingerprint density at radius 3 is 2.79 bits per heavy atom. The van der Waals surface area contributed by atoms with Crippen molar-refractivity contribution in [3.8, 4) is 0 Å². The fourth-order valence-electron chi connectivity index (χ4n) is 1.86. The lowest BCUT2D eigenvalue weighted by atomic mass is 10.1. The van der Waals surface area contributed by atoms with Crippen LogP contribution in [0.15, 0.2) is 18.3 Å². The Morgan fingerprint density at radius 2 is 2.21 bits per heavy atom. The zero-order valence-electron chi connectivity index (χ0n) is 8.48. The van der Waals surface area contributed by atoms with E-state index in [0.717, 1.165) is 18.9 Å². The summed E-state index contributed by atoms with van der Waals surface area (Å²) in [5, 5.41) is 11.3. The molecule has 1 fully saturated rings. The molecule has 0 aromatic carbocycles. The van der Waals surface area contributed by atoms with Crippen LogP contribution in [0.25, 0.3) is 0 Å². The van der Waals surface area contributed by atoms with E-state index in [1.165, 1.54) is 12.8 Å². The summed E-state index contributed by atoms with van der Waals surface area (Å²) in [5.41, 5.74) is 0. The van der Waals surface area contributed by atoms with E-state index in [1.807, 2.05) is 19.2 Å². The highest BCUT2D eigenvalue weighted by Gasteiger charge is 2.18. The third-order valence-corrected chi connectivity index (χ3v) is 2.79. The fourth-order valence-corrected chi connectivity index (χ4v) is 1.86. The van der Waals surface area contributed by atoms with Gasteiger partial charge < -0.3 is 10.2 Å². The highest BCUT2D eigenvalue weighted by atomic mass is 15.3. The van der Waals surface area contributed by atoms with Gasteiger partial charge in [-0.15, -0.1) is 5.10 Å². The lowest BCUT2D eigenvalue weighted by Gasteiger charge is -2.32. The second-order valence-electron chi connectivity index (χ2n) is 3.63. The number of rotatable bonds is 2. The molecule has 2 rings (SSSR count). The Morgan fingerprint density at radius 1 is 1.43 bits per heavy atom. The first-order chi connectivity index (χ1) is 6.90. The molecule has 1 aliphatic heterocycles. The van der Waals surface area contributed by atoms with Crippen molar-refractivity contribution >= 4 is 5.82 Å². The summed E-state index contributed by atoms with van der Waals surface area (Å²) in [7, 11) is 2.03. The van der Waals surface area contributed by atoms with Gasteiger partial charge in [-0.3, -0.25) is 0 Å².